The maximum absolute atomic E-state index is 11.3. The van der Waals surface area contributed by atoms with Crippen molar-refractivity contribution >= 4 is 33.0 Å². The van der Waals surface area contributed by atoms with Crippen LogP contribution in [0.2, 0.25) is 0 Å². The SMILES string of the molecule is CC(=O)c1sc(-c2ccc(Br)cn2)nc1C. The Morgan fingerprint density at radius 1 is 1.44 bits per heavy atom. The smallest absolute Gasteiger partial charge is 0.171 e. The van der Waals surface area contributed by atoms with Crippen molar-refractivity contribution in [2.75, 3.05) is 0 Å². The standard InChI is InChI=1S/C11H9BrN2OS/c1-6-10(7(2)15)16-11(14-6)9-4-3-8(12)5-13-9/h3-5H,1-2H3. The molecule has 0 radical (unpaired) electrons. The van der Waals surface area contributed by atoms with Crippen LogP contribution >= 0.6 is 27.3 Å². The normalized spacial score (nSPS) is 10.4. The molecular weight excluding hydrogens is 288 g/mol. The highest BCUT2D eigenvalue weighted by atomic mass is 79.9. The molecule has 3 nitrogen and oxygen atoms in total. The van der Waals surface area contributed by atoms with Gasteiger partial charge >= 0.3 is 0 Å². The van der Waals surface area contributed by atoms with Gasteiger partial charge in [0, 0.05) is 17.6 Å². The van der Waals surface area contributed by atoms with E-state index in [0.717, 1.165) is 20.9 Å². The van der Waals surface area contributed by atoms with Gasteiger partial charge in [0.15, 0.2) is 5.78 Å². The molecule has 0 saturated carbocycles. The Hall–Kier alpha value is -1.07. The molecular formula is C11H9BrN2OS. The van der Waals surface area contributed by atoms with Gasteiger partial charge in [0.2, 0.25) is 0 Å². The molecule has 2 rings (SSSR count). The zero-order chi connectivity index (χ0) is 11.7. The average molecular weight is 297 g/mol. The van der Waals surface area contributed by atoms with Gasteiger partial charge in [-0.1, -0.05) is 0 Å². The molecule has 2 aromatic heterocycles. The minimum atomic E-state index is 0.0540. The van der Waals surface area contributed by atoms with E-state index in [1.165, 1.54) is 11.3 Å². The number of halogens is 1. The van der Waals surface area contributed by atoms with E-state index in [4.69, 9.17) is 0 Å². The average Bonchev–Trinajstić information content (AvgIpc) is 2.61. The molecule has 0 aliphatic heterocycles. The second kappa shape index (κ2) is 4.43. The van der Waals surface area contributed by atoms with Crippen molar-refractivity contribution in [2.24, 2.45) is 0 Å². The number of aromatic nitrogens is 2. The minimum absolute atomic E-state index is 0.0540. The van der Waals surface area contributed by atoms with Crippen LogP contribution in [0.5, 0.6) is 0 Å². The summed E-state index contributed by atoms with van der Waals surface area (Å²) >= 11 is 4.72. The predicted molar refractivity (Wildman–Crippen MR) is 67.8 cm³/mol. The second-order valence-electron chi connectivity index (χ2n) is 3.35. The van der Waals surface area contributed by atoms with Crippen molar-refractivity contribution in [1.29, 1.82) is 0 Å². The molecule has 16 heavy (non-hydrogen) atoms. The number of Topliss-reactive ketones (excluding diaryl/α,β-unsaturated/α-hetero) is 1. The highest BCUT2D eigenvalue weighted by Gasteiger charge is 2.13. The molecule has 0 saturated heterocycles. The summed E-state index contributed by atoms with van der Waals surface area (Å²) < 4.78 is 0.927. The van der Waals surface area contributed by atoms with Crippen LogP contribution in [0.25, 0.3) is 10.7 Å². The van der Waals surface area contributed by atoms with E-state index in [9.17, 15) is 4.79 Å². The van der Waals surface area contributed by atoms with E-state index in [2.05, 4.69) is 25.9 Å². The molecule has 0 amide bonds. The predicted octanol–water partition coefficient (Wildman–Crippen LogP) is 3.48. The number of rotatable bonds is 2. The monoisotopic (exact) mass is 296 g/mol. The first-order chi connectivity index (χ1) is 7.58. The van der Waals surface area contributed by atoms with E-state index in [-0.39, 0.29) is 5.78 Å². The van der Waals surface area contributed by atoms with E-state index in [0.29, 0.717) is 4.88 Å². The molecule has 2 heterocycles. The molecule has 0 unspecified atom stereocenters. The lowest BCUT2D eigenvalue weighted by molar-refractivity contribution is 0.102. The Bertz CT molecular complexity index is 533. The number of thiazole rings is 1. The van der Waals surface area contributed by atoms with Gasteiger partial charge in [-0.25, -0.2) is 4.98 Å². The Morgan fingerprint density at radius 3 is 2.69 bits per heavy atom. The van der Waals surface area contributed by atoms with E-state index < -0.39 is 0 Å². The highest BCUT2D eigenvalue weighted by molar-refractivity contribution is 9.10. The lowest BCUT2D eigenvalue weighted by Gasteiger charge is -1.94. The zero-order valence-electron chi connectivity index (χ0n) is 8.82. The molecule has 0 bridgehead atoms. The van der Waals surface area contributed by atoms with E-state index >= 15 is 0 Å². The fourth-order valence-corrected chi connectivity index (χ4v) is 2.51. The van der Waals surface area contributed by atoms with Gasteiger partial charge in [0.05, 0.1) is 16.3 Å². The molecule has 0 atom stereocenters. The first-order valence-corrected chi connectivity index (χ1v) is 6.29. The molecule has 0 aliphatic rings. The summed E-state index contributed by atoms with van der Waals surface area (Å²) in [5.41, 5.74) is 1.57. The quantitative estimate of drug-likeness (QED) is 0.797. The maximum Gasteiger partial charge on any atom is 0.171 e. The van der Waals surface area contributed by atoms with Crippen LogP contribution in [-0.4, -0.2) is 15.8 Å². The largest absolute Gasteiger partial charge is 0.294 e. The van der Waals surface area contributed by atoms with Crippen molar-refractivity contribution in [2.45, 2.75) is 13.8 Å². The third-order valence-corrected chi connectivity index (χ3v) is 3.81. The third-order valence-electron chi connectivity index (χ3n) is 2.06. The number of carbonyl (C=O) groups excluding carboxylic acids is 1. The summed E-state index contributed by atoms with van der Waals surface area (Å²) in [7, 11) is 0. The molecule has 0 N–H and O–H groups in total. The number of ketones is 1. The first kappa shape index (κ1) is 11.4. The lowest BCUT2D eigenvalue weighted by atomic mass is 10.3. The van der Waals surface area contributed by atoms with Crippen molar-refractivity contribution in [3.05, 3.63) is 33.4 Å². The second-order valence-corrected chi connectivity index (χ2v) is 5.27. The first-order valence-electron chi connectivity index (χ1n) is 4.68. The Morgan fingerprint density at radius 2 is 2.19 bits per heavy atom. The number of carbonyl (C=O) groups is 1. The molecule has 0 fully saturated rings. The molecule has 5 heteroatoms. The van der Waals surface area contributed by atoms with Gasteiger partial charge in [0.25, 0.3) is 0 Å². The minimum Gasteiger partial charge on any atom is -0.294 e. The van der Waals surface area contributed by atoms with Crippen molar-refractivity contribution in [3.8, 4) is 10.7 Å². The fourth-order valence-electron chi connectivity index (χ4n) is 1.33. The summed E-state index contributed by atoms with van der Waals surface area (Å²) in [6, 6.07) is 3.79. The molecule has 0 aliphatic carbocycles. The van der Waals surface area contributed by atoms with Crippen LogP contribution in [0.4, 0.5) is 0 Å². The Kier molecular flexibility index (Phi) is 3.16. The maximum atomic E-state index is 11.3. The summed E-state index contributed by atoms with van der Waals surface area (Å²) in [6.45, 7) is 3.40. The van der Waals surface area contributed by atoms with E-state index in [1.54, 1.807) is 13.1 Å². The van der Waals surface area contributed by atoms with Crippen molar-refractivity contribution in [3.63, 3.8) is 0 Å². The van der Waals surface area contributed by atoms with Crippen LogP contribution in [0.15, 0.2) is 22.8 Å². The topological polar surface area (TPSA) is 42.9 Å². The summed E-state index contributed by atoms with van der Waals surface area (Å²) in [4.78, 5) is 20.6. The van der Waals surface area contributed by atoms with E-state index in [1.807, 2.05) is 19.1 Å². The zero-order valence-corrected chi connectivity index (χ0v) is 11.2. The van der Waals surface area contributed by atoms with Gasteiger partial charge in [-0.15, -0.1) is 11.3 Å². The van der Waals surface area contributed by atoms with Gasteiger partial charge in [-0.3, -0.25) is 9.78 Å². The lowest BCUT2D eigenvalue weighted by Crippen LogP contribution is -1.89. The third kappa shape index (κ3) is 2.20. The summed E-state index contributed by atoms with van der Waals surface area (Å²) in [5.74, 6) is 0.0540. The number of nitrogens with zero attached hydrogens (tertiary/aromatic N) is 2. The van der Waals surface area contributed by atoms with Gasteiger partial charge < -0.3 is 0 Å². The highest BCUT2D eigenvalue weighted by Crippen LogP contribution is 2.27. The number of pyridine rings is 1. The molecule has 2 aromatic rings. The molecule has 0 spiro atoms. The number of hydrogen-bond donors (Lipinski definition) is 0. The van der Waals surface area contributed by atoms with Crippen molar-refractivity contribution in [1.82, 2.24) is 9.97 Å². The summed E-state index contributed by atoms with van der Waals surface area (Å²) in [6.07, 6.45) is 1.72. The van der Waals surface area contributed by atoms with Crippen LogP contribution in [-0.2, 0) is 0 Å². The fraction of sp³-hybridized carbons (Fsp3) is 0.182. The Balaban J connectivity index is 2.45. The van der Waals surface area contributed by atoms with Gasteiger partial charge in [0.1, 0.15) is 5.01 Å². The van der Waals surface area contributed by atoms with Gasteiger partial charge in [-0.05, 0) is 35.0 Å². The molecule has 0 aromatic carbocycles. The summed E-state index contributed by atoms with van der Waals surface area (Å²) in [5, 5.41) is 0.787. The van der Waals surface area contributed by atoms with Crippen LogP contribution < -0.4 is 0 Å². The van der Waals surface area contributed by atoms with Crippen LogP contribution in [0.3, 0.4) is 0 Å². The number of aryl methyl sites for hydroxylation is 1. The van der Waals surface area contributed by atoms with Crippen molar-refractivity contribution < 1.29 is 4.79 Å². The van der Waals surface area contributed by atoms with Crippen LogP contribution in [0.1, 0.15) is 22.3 Å². The van der Waals surface area contributed by atoms with Crippen LogP contribution in [0, 0.1) is 6.92 Å². The number of hydrogen-bond acceptors (Lipinski definition) is 4. The Labute approximate surface area is 106 Å². The molecule has 82 valence electrons. The van der Waals surface area contributed by atoms with Gasteiger partial charge in [-0.2, -0.15) is 0 Å².